The van der Waals surface area contributed by atoms with Crippen LogP contribution in [0, 0.1) is 5.82 Å². The van der Waals surface area contributed by atoms with Gasteiger partial charge in [-0.25, -0.2) is 4.39 Å². The van der Waals surface area contributed by atoms with Crippen molar-refractivity contribution in [3.63, 3.8) is 0 Å². The van der Waals surface area contributed by atoms with E-state index in [2.05, 4.69) is 17.1 Å². The van der Waals surface area contributed by atoms with Gasteiger partial charge in [-0.3, -0.25) is 14.5 Å². The summed E-state index contributed by atoms with van der Waals surface area (Å²) in [6.45, 7) is 5.32. The number of nitrogens with zero attached hydrogens (tertiary/aromatic N) is 2. The van der Waals surface area contributed by atoms with E-state index < -0.39 is 0 Å². The maximum Gasteiger partial charge on any atom is 0.251 e. The van der Waals surface area contributed by atoms with Crippen molar-refractivity contribution in [1.29, 1.82) is 0 Å². The van der Waals surface area contributed by atoms with E-state index in [9.17, 15) is 14.0 Å². The molecule has 0 aromatic heterocycles. The number of likely N-dealkylation sites (tertiary alicyclic amines) is 2. The number of rotatable bonds is 5. The number of carbonyl (C=O) groups excluding carboxylic acids is 2. The number of carbonyl (C=O) groups is 2. The number of halogens is 1. The highest BCUT2D eigenvalue weighted by atomic mass is 19.1. The zero-order valence-corrected chi connectivity index (χ0v) is 14.7. The second-order valence-corrected chi connectivity index (χ2v) is 7.05. The van der Waals surface area contributed by atoms with Crippen LogP contribution in [0.25, 0.3) is 0 Å². The highest BCUT2D eigenvalue weighted by Gasteiger charge is 2.36. The van der Waals surface area contributed by atoms with Gasteiger partial charge in [0.2, 0.25) is 5.91 Å². The molecule has 0 aliphatic carbocycles. The maximum atomic E-state index is 12.8. The average molecular weight is 347 g/mol. The summed E-state index contributed by atoms with van der Waals surface area (Å²) in [4.78, 5) is 28.5. The summed E-state index contributed by atoms with van der Waals surface area (Å²) in [5.74, 6) is -0.571. The first-order valence-corrected chi connectivity index (χ1v) is 9.12. The molecule has 0 bridgehead atoms. The van der Waals surface area contributed by atoms with E-state index in [0.29, 0.717) is 30.6 Å². The third-order valence-electron chi connectivity index (χ3n) is 5.27. The molecule has 1 atom stereocenters. The number of hydrogen-bond donors (Lipinski definition) is 1. The summed E-state index contributed by atoms with van der Waals surface area (Å²) in [5, 5.41) is 2.71. The van der Waals surface area contributed by atoms with E-state index in [1.54, 1.807) is 0 Å². The third kappa shape index (κ3) is 4.37. The van der Waals surface area contributed by atoms with Crippen molar-refractivity contribution in [2.45, 2.75) is 44.7 Å². The lowest BCUT2D eigenvalue weighted by molar-refractivity contribution is -0.139. The van der Waals surface area contributed by atoms with Gasteiger partial charge in [0.05, 0.1) is 0 Å². The predicted octanol–water partition coefficient (Wildman–Crippen LogP) is 2.03. The highest BCUT2D eigenvalue weighted by Crippen LogP contribution is 2.24. The first kappa shape index (κ1) is 17.9. The van der Waals surface area contributed by atoms with Crippen LogP contribution in [0.15, 0.2) is 24.3 Å². The molecule has 1 aromatic rings. The fourth-order valence-corrected chi connectivity index (χ4v) is 3.68. The van der Waals surface area contributed by atoms with Crippen LogP contribution < -0.4 is 5.32 Å². The quantitative estimate of drug-likeness (QED) is 0.887. The molecule has 2 fully saturated rings. The molecule has 3 rings (SSSR count). The lowest BCUT2D eigenvalue weighted by atomic mass is 9.97. The zero-order chi connectivity index (χ0) is 17.8. The molecule has 2 aliphatic rings. The number of piperidine rings is 1. The van der Waals surface area contributed by atoms with Crippen LogP contribution in [0.2, 0.25) is 0 Å². The average Bonchev–Trinajstić information content (AvgIpc) is 2.56. The van der Waals surface area contributed by atoms with Gasteiger partial charge in [-0.1, -0.05) is 6.42 Å². The Hall–Kier alpha value is -1.95. The van der Waals surface area contributed by atoms with E-state index in [0.717, 1.165) is 19.6 Å². The minimum absolute atomic E-state index is 0.0836. The largest absolute Gasteiger partial charge is 0.352 e. The molecule has 25 heavy (non-hydrogen) atoms. The van der Waals surface area contributed by atoms with Gasteiger partial charge in [0, 0.05) is 43.7 Å². The standard InChI is InChI=1S/C19H26FN3O2/c1-14-4-2-3-11-23(14)17-12-22(13-17)18(24)9-10-21-19(25)15-5-7-16(20)8-6-15/h5-8,14,17H,2-4,9-13H2,1H3,(H,21,25)/t14-/m1/s1. The van der Waals surface area contributed by atoms with Gasteiger partial charge in [0.25, 0.3) is 5.91 Å². The normalized spacial score (nSPS) is 21.7. The van der Waals surface area contributed by atoms with E-state index >= 15 is 0 Å². The molecule has 136 valence electrons. The van der Waals surface area contributed by atoms with Crippen LogP contribution >= 0.6 is 0 Å². The molecule has 2 aliphatic heterocycles. The van der Waals surface area contributed by atoms with Crippen molar-refractivity contribution in [2.24, 2.45) is 0 Å². The zero-order valence-electron chi connectivity index (χ0n) is 14.7. The number of amides is 2. The molecule has 2 heterocycles. The topological polar surface area (TPSA) is 52.6 Å². The Labute approximate surface area is 148 Å². The van der Waals surface area contributed by atoms with Crippen LogP contribution in [0.5, 0.6) is 0 Å². The molecule has 2 amide bonds. The molecule has 2 saturated heterocycles. The summed E-state index contributed by atoms with van der Waals surface area (Å²) in [6.07, 6.45) is 4.11. The van der Waals surface area contributed by atoms with Crippen molar-refractivity contribution in [2.75, 3.05) is 26.2 Å². The Kier molecular flexibility index (Phi) is 5.68. The van der Waals surface area contributed by atoms with E-state index in [1.165, 1.54) is 43.5 Å². The predicted molar refractivity (Wildman–Crippen MR) is 93.7 cm³/mol. The Bertz CT molecular complexity index is 614. The summed E-state index contributed by atoms with van der Waals surface area (Å²) in [7, 11) is 0. The van der Waals surface area contributed by atoms with E-state index in [4.69, 9.17) is 0 Å². The molecule has 0 saturated carbocycles. The molecule has 0 unspecified atom stereocenters. The Morgan fingerprint density at radius 3 is 2.60 bits per heavy atom. The van der Waals surface area contributed by atoms with Crippen molar-refractivity contribution < 1.29 is 14.0 Å². The fourth-order valence-electron chi connectivity index (χ4n) is 3.68. The van der Waals surface area contributed by atoms with Crippen LogP contribution in [0.4, 0.5) is 4.39 Å². The number of hydrogen-bond acceptors (Lipinski definition) is 3. The van der Waals surface area contributed by atoms with E-state index in [1.807, 2.05) is 4.90 Å². The van der Waals surface area contributed by atoms with Crippen molar-refractivity contribution in [3.05, 3.63) is 35.6 Å². The van der Waals surface area contributed by atoms with Crippen molar-refractivity contribution in [1.82, 2.24) is 15.1 Å². The van der Waals surface area contributed by atoms with Crippen LogP contribution in [0.1, 0.15) is 43.0 Å². The van der Waals surface area contributed by atoms with Gasteiger partial charge >= 0.3 is 0 Å². The first-order chi connectivity index (χ1) is 12.0. The lowest BCUT2D eigenvalue weighted by Gasteiger charge is -2.49. The van der Waals surface area contributed by atoms with Gasteiger partial charge in [0.1, 0.15) is 5.82 Å². The van der Waals surface area contributed by atoms with E-state index in [-0.39, 0.29) is 17.6 Å². The summed E-state index contributed by atoms with van der Waals surface area (Å²) < 4.78 is 12.8. The van der Waals surface area contributed by atoms with Gasteiger partial charge < -0.3 is 10.2 Å². The monoisotopic (exact) mass is 347 g/mol. The Morgan fingerprint density at radius 1 is 1.20 bits per heavy atom. The summed E-state index contributed by atoms with van der Waals surface area (Å²) in [5.41, 5.74) is 0.400. The fraction of sp³-hybridized carbons (Fsp3) is 0.579. The molecule has 0 spiro atoms. The van der Waals surface area contributed by atoms with Crippen LogP contribution in [0.3, 0.4) is 0 Å². The Morgan fingerprint density at radius 2 is 1.92 bits per heavy atom. The van der Waals surface area contributed by atoms with Gasteiger partial charge in [-0.2, -0.15) is 0 Å². The molecule has 5 nitrogen and oxygen atoms in total. The minimum Gasteiger partial charge on any atom is -0.352 e. The lowest BCUT2D eigenvalue weighted by Crippen LogP contribution is -2.63. The molecule has 0 radical (unpaired) electrons. The molecular formula is C19H26FN3O2. The Balaban J connectivity index is 1.36. The summed E-state index contributed by atoms with van der Waals surface area (Å²) >= 11 is 0. The molecule has 1 N–H and O–H groups in total. The van der Waals surface area contributed by atoms with Gasteiger partial charge in [-0.15, -0.1) is 0 Å². The van der Waals surface area contributed by atoms with Crippen molar-refractivity contribution in [3.8, 4) is 0 Å². The molecular weight excluding hydrogens is 321 g/mol. The van der Waals surface area contributed by atoms with Gasteiger partial charge in [-0.05, 0) is 50.6 Å². The number of nitrogens with one attached hydrogen (secondary N) is 1. The van der Waals surface area contributed by atoms with Crippen LogP contribution in [-0.4, -0.2) is 59.9 Å². The first-order valence-electron chi connectivity index (χ1n) is 9.12. The van der Waals surface area contributed by atoms with Crippen LogP contribution in [-0.2, 0) is 4.79 Å². The smallest absolute Gasteiger partial charge is 0.251 e. The number of benzene rings is 1. The van der Waals surface area contributed by atoms with Gasteiger partial charge in [0.15, 0.2) is 0 Å². The second-order valence-electron chi connectivity index (χ2n) is 7.05. The molecule has 6 heteroatoms. The third-order valence-corrected chi connectivity index (χ3v) is 5.27. The summed E-state index contributed by atoms with van der Waals surface area (Å²) in [6, 6.07) is 6.49. The van der Waals surface area contributed by atoms with Crippen molar-refractivity contribution >= 4 is 11.8 Å². The molecule has 1 aromatic carbocycles. The highest BCUT2D eigenvalue weighted by molar-refractivity contribution is 5.94. The second kappa shape index (κ2) is 7.95. The minimum atomic E-state index is -0.373. The maximum absolute atomic E-state index is 12.8. The SMILES string of the molecule is C[C@@H]1CCCCN1C1CN(C(=O)CCNC(=O)c2ccc(F)cc2)C1.